The zero-order chi connectivity index (χ0) is 12.1. The van der Waals surface area contributed by atoms with Gasteiger partial charge in [0.05, 0.1) is 0 Å². The molecule has 92 valence electrons. The fraction of sp³-hybridized carbons (Fsp3) is 0.769. The second-order valence-electron chi connectivity index (χ2n) is 4.71. The van der Waals surface area contributed by atoms with Crippen LogP contribution in [0.25, 0.3) is 0 Å². The first-order chi connectivity index (χ1) is 7.60. The van der Waals surface area contributed by atoms with Crippen molar-refractivity contribution < 1.29 is 4.79 Å². The Morgan fingerprint density at radius 1 is 1.62 bits per heavy atom. The second kappa shape index (κ2) is 6.04. The van der Waals surface area contributed by atoms with E-state index in [0.717, 1.165) is 26.1 Å². The fourth-order valence-electron chi connectivity index (χ4n) is 2.60. The lowest BCUT2D eigenvalue weighted by atomic mass is 10.0. The summed E-state index contributed by atoms with van der Waals surface area (Å²) in [7, 11) is 0. The van der Waals surface area contributed by atoms with Crippen molar-refractivity contribution in [1.29, 1.82) is 0 Å². The van der Waals surface area contributed by atoms with Crippen LogP contribution < -0.4 is 0 Å². The van der Waals surface area contributed by atoms with Crippen LogP contribution in [0.3, 0.4) is 0 Å². The van der Waals surface area contributed by atoms with Crippen molar-refractivity contribution in [3.8, 4) is 0 Å². The summed E-state index contributed by atoms with van der Waals surface area (Å²) in [6, 6.07) is 1.07. The molecule has 1 aliphatic heterocycles. The molecular weight excluding hydrogens is 200 g/mol. The molecule has 1 heterocycles. The highest BCUT2D eigenvalue weighted by Crippen LogP contribution is 2.18. The summed E-state index contributed by atoms with van der Waals surface area (Å²) in [4.78, 5) is 16.0. The molecule has 3 heteroatoms. The van der Waals surface area contributed by atoms with Gasteiger partial charge in [0, 0.05) is 25.2 Å². The van der Waals surface area contributed by atoms with Gasteiger partial charge in [-0.2, -0.15) is 0 Å². The van der Waals surface area contributed by atoms with Gasteiger partial charge >= 0.3 is 0 Å². The maximum absolute atomic E-state index is 11.6. The molecule has 1 atom stereocenters. The van der Waals surface area contributed by atoms with E-state index in [0.29, 0.717) is 12.1 Å². The summed E-state index contributed by atoms with van der Waals surface area (Å²) in [6.07, 6.45) is 3.73. The highest BCUT2D eigenvalue weighted by atomic mass is 16.2. The minimum atomic E-state index is 0.0736. The molecule has 1 rings (SSSR count). The van der Waals surface area contributed by atoms with E-state index in [9.17, 15) is 4.79 Å². The largest absolute Gasteiger partial charge is 0.338 e. The molecule has 1 fully saturated rings. The van der Waals surface area contributed by atoms with E-state index >= 15 is 0 Å². The van der Waals surface area contributed by atoms with Crippen molar-refractivity contribution in [3.05, 3.63) is 12.7 Å². The molecule has 0 aromatic carbocycles. The Kier molecular flexibility index (Phi) is 5.00. The van der Waals surface area contributed by atoms with Gasteiger partial charge in [-0.15, -0.1) is 0 Å². The van der Waals surface area contributed by atoms with Crippen LogP contribution in [-0.4, -0.2) is 47.4 Å². The van der Waals surface area contributed by atoms with Crippen LogP contribution in [0.2, 0.25) is 0 Å². The zero-order valence-corrected chi connectivity index (χ0v) is 10.8. The van der Waals surface area contributed by atoms with Gasteiger partial charge in [0.15, 0.2) is 0 Å². The van der Waals surface area contributed by atoms with Gasteiger partial charge in [-0.25, -0.2) is 0 Å². The third kappa shape index (κ3) is 3.08. The summed E-state index contributed by atoms with van der Waals surface area (Å²) in [5.74, 6) is 0.0736. The highest BCUT2D eigenvalue weighted by molar-refractivity contribution is 5.87. The van der Waals surface area contributed by atoms with Gasteiger partial charge in [0.1, 0.15) is 0 Å². The van der Waals surface area contributed by atoms with Crippen molar-refractivity contribution in [2.24, 2.45) is 0 Å². The van der Waals surface area contributed by atoms with Gasteiger partial charge in [0.25, 0.3) is 0 Å². The Bertz CT molecular complexity index is 250. The first kappa shape index (κ1) is 13.2. The molecule has 0 aromatic rings. The molecule has 0 spiro atoms. The molecule has 3 nitrogen and oxygen atoms in total. The van der Waals surface area contributed by atoms with Gasteiger partial charge in [0.2, 0.25) is 5.91 Å². The van der Waals surface area contributed by atoms with E-state index in [2.05, 4.69) is 32.3 Å². The van der Waals surface area contributed by atoms with Crippen LogP contribution in [0, 0.1) is 0 Å². The normalized spacial score (nSPS) is 21.6. The third-order valence-corrected chi connectivity index (χ3v) is 3.38. The number of carbonyl (C=O) groups is 1. The summed E-state index contributed by atoms with van der Waals surface area (Å²) < 4.78 is 0. The molecule has 0 radical (unpaired) electrons. The predicted molar refractivity (Wildman–Crippen MR) is 67.3 cm³/mol. The van der Waals surface area contributed by atoms with Gasteiger partial charge in [-0.05, 0) is 39.3 Å². The molecule has 0 N–H and O–H groups in total. The number of nitrogens with zero attached hydrogens (tertiary/aromatic N) is 2. The summed E-state index contributed by atoms with van der Waals surface area (Å²) in [5.41, 5.74) is 0. The number of piperidine rings is 1. The van der Waals surface area contributed by atoms with Crippen molar-refractivity contribution >= 4 is 5.91 Å². The van der Waals surface area contributed by atoms with E-state index in [-0.39, 0.29) is 5.91 Å². The van der Waals surface area contributed by atoms with Crippen molar-refractivity contribution in [1.82, 2.24) is 9.80 Å². The SMILES string of the molecule is C=CC(=O)N1CCCC(N(CC)C(C)C)C1. The minimum Gasteiger partial charge on any atom is -0.338 e. The lowest BCUT2D eigenvalue weighted by molar-refractivity contribution is -0.128. The number of carbonyl (C=O) groups excluding carboxylic acids is 1. The summed E-state index contributed by atoms with van der Waals surface area (Å²) in [5, 5.41) is 0. The first-order valence-corrected chi connectivity index (χ1v) is 6.27. The molecule has 1 unspecified atom stereocenters. The number of likely N-dealkylation sites (N-methyl/N-ethyl adjacent to an activating group) is 1. The Hall–Kier alpha value is -0.830. The average Bonchev–Trinajstić information content (AvgIpc) is 2.29. The molecule has 1 saturated heterocycles. The molecular formula is C13H24N2O. The Balaban J connectivity index is 2.61. The standard InChI is InChI=1S/C13H24N2O/c1-5-13(16)14-9-7-8-12(10-14)15(6-2)11(3)4/h5,11-12H,1,6-10H2,2-4H3. The van der Waals surface area contributed by atoms with Gasteiger partial charge < -0.3 is 4.90 Å². The van der Waals surface area contributed by atoms with Gasteiger partial charge in [-0.3, -0.25) is 9.69 Å². The molecule has 0 saturated carbocycles. The Labute approximate surface area is 99.1 Å². The maximum atomic E-state index is 11.6. The van der Waals surface area contributed by atoms with Crippen LogP contribution >= 0.6 is 0 Å². The van der Waals surface area contributed by atoms with E-state index in [1.165, 1.54) is 12.5 Å². The van der Waals surface area contributed by atoms with Crippen molar-refractivity contribution in [2.75, 3.05) is 19.6 Å². The Morgan fingerprint density at radius 3 is 2.81 bits per heavy atom. The Morgan fingerprint density at radius 2 is 2.31 bits per heavy atom. The summed E-state index contributed by atoms with van der Waals surface area (Å²) >= 11 is 0. The molecule has 0 bridgehead atoms. The topological polar surface area (TPSA) is 23.6 Å². The third-order valence-electron chi connectivity index (χ3n) is 3.38. The van der Waals surface area contributed by atoms with Crippen molar-refractivity contribution in [2.45, 2.75) is 45.7 Å². The quantitative estimate of drug-likeness (QED) is 0.681. The number of amides is 1. The molecule has 0 aliphatic carbocycles. The lowest BCUT2D eigenvalue weighted by Crippen LogP contribution is -2.51. The average molecular weight is 224 g/mol. The fourth-order valence-corrected chi connectivity index (χ4v) is 2.60. The zero-order valence-electron chi connectivity index (χ0n) is 10.8. The lowest BCUT2D eigenvalue weighted by Gasteiger charge is -2.40. The minimum absolute atomic E-state index is 0.0736. The van der Waals surface area contributed by atoms with E-state index in [4.69, 9.17) is 0 Å². The van der Waals surface area contributed by atoms with Crippen LogP contribution in [0.1, 0.15) is 33.6 Å². The number of likely N-dealkylation sites (tertiary alicyclic amines) is 1. The van der Waals surface area contributed by atoms with Crippen LogP contribution in [0.15, 0.2) is 12.7 Å². The van der Waals surface area contributed by atoms with Crippen LogP contribution in [0.4, 0.5) is 0 Å². The molecule has 1 amide bonds. The second-order valence-corrected chi connectivity index (χ2v) is 4.71. The predicted octanol–water partition coefficient (Wildman–Crippen LogP) is 1.89. The number of hydrogen-bond donors (Lipinski definition) is 0. The molecule has 1 aliphatic rings. The van der Waals surface area contributed by atoms with E-state index in [1.54, 1.807) is 0 Å². The highest BCUT2D eigenvalue weighted by Gasteiger charge is 2.27. The first-order valence-electron chi connectivity index (χ1n) is 6.27. The van der Waals surface area contributed by atoms with Crippen LogP contribution in [0.5, 0.6) is 0 Å². The monoisotopic (exact) mass is 224 g/mol. The molecule has 0 aromatic heterocycles. The number of hydrogen-bond acceptors (Lipinski definition) is 2. The maximum Gasteiger partial charge on any atom is 0.246 e. The van der Waals surface area contributed by atoms with Gasteiger partial charge in [-0.1, -0.05) is 13.5 Å². The van der Waals surface area contributed by atoms with E-state index < -0.39 is 0 Å². The van der Waals surface area contributed by atoms with Crippen molar-refractivity contribution in [3.63, 3.8) is 0 Å². The summed E-state index contributed by atoms with van der Waals surface area (Å²) in [6.45, 7) is 13.0. The van der Waals surface area contributed by atoms with E-state index in [1.807, 2.05) is 4.90 Å². The smallest absolute Gasteiger partial charge is 0.246 e. The van der Waals surface area contributed by atoms with Crippen LogP contribution in [-0.2, 0) is 4.79 Å². The number of rotatable bonds is 4. The molecule has 16 heavy (non-hydrogen) atoms.